The van der Waals surface area contributed by atoms with E-state index in [-0.39, 0.29) is 44.5 Å². The van der Waals surface area contributed by atoms with Gasteiger partial charge in [0.05, 0.1) is 17.8 Å². The second-order valence-corrected chi connectivity index (χ2v) is 9.06. The lowest BCUT2D eigenvalue weighted by Crippen LogP contribution is -2.52. The van der Waals surface area contributed by atoms with E-state index in [1.807, 2.05) is 6.07 Å². The van der Waals surface area contributed by atoms with Gasteiger partial charge in [-0.05, 0) is 42.9 Å². The van der Waals surface area contributed by atoms with Gasteiger partial charge >= 0.3 is 0 Å². The molecule has 2 saturated heterocycles. The highest BCUT2D eigenvalue weighted by molar-refractivity contribution is 7.89. The molecule has 3 rings (SSSR count). The minimum Gasteiger partial charge on any atom is -0.381 e. The van der Waals surface area contributed by atoms with Gasteiger partial charge in [0.15, 0.2) is 0 Å². The summed E-state index contributed by atoms with van der Waals surface area (Å²) in [7, 11) is -3.82. The molecule has 0 spiro atoms. The molecule has 150 valence electrons. The zero-order chi connectivity index (χ0) is 19.6. The molecule has 27 heavy (non-hydrogen) atoms. The Hall–Kier alpha value is -1.59. The fraction of sp³-hybridized carbons (Fsp3) is 0.588. The number of rotatable bonds is 4. The summed E-state index contributed by atoms with van der Waals surface area (Å²) >= 11 is 0. The molecule has 2 heterocycles. The minimum atomic E-state index is -3.82. The standard InChI is InChI=1S/C17H23FN2O6S/c18-14-3-1-2-13(10-14)12-4-7-19(8-5-12)27(24,25)16-6-9-26-11-15(16)17(21)20(22)23/h1-3,10,12,15-16,22-23H,4-9,11H2. The molecule has 8 nitrogen and oxygen atoms in total. The Kier molecular flexibility index (Phi) is 6.11. The number of hydrogen-bond acceptors (Lipinski definition) is 6. The number of piperidine rings is 1. The second-order valence-electron chi connectivity index (χ2n) is 6.91. The Labute approximate surface area is 157 Å². The molecule has 0 bridgehead atoms. The van der Waals surface area contributed by atoms with Gasteiger partial charge in [-0.2, -0.15) is 0 Å². The fourth-order valence-electron chi connectivity index (χ4n) is 3.85. The molecular formula is C17H23FN2O6S. The van der Waals surface area contributed by atoms with Crippen LogP contribution in [0.4, 0.5) is 4.39 Å². The van der Waals surface area contributed by atoms with Gasteiger partial charge in [0.1, 0.15) is 5.82 Å². The molecule has 0 saturated carbocycles. The van der Waals surface area contributed by atoms with E-state index in [0.29, 0.717) is 12.8 Å². The average molecular weight is 402 g/mol. The van der Waals surface area contributed by atoms with Gasteiger partial charge in [0.2, 0.25) is 10.0 Å². The molecule has 0 aliphatic carbocycles. The van der Waals surface area contributed by atoms with Crippen LogP contribution >= 0.6 is 0 Å². The van der Waals surface area contributed by atoms with Crippen LogP contribution < -0.4 is 0 Å². The third-order valence-corrected chi connectivity index (χ3v) is 7.74. The van der Waals surface area contributed by atoms with Crippen LogP contribution in [0.15, 0.2) is 24.3 Å². The smallest absolute Gasteiger partial charge is 0.279 e. The fourth-order valence-corrected chi connectivity index (χ4v) is 5.96. The number of hydrogen-bond donors (Lipinski definition) is 2. The Morgan fingerprint density at radius 1 is 1.22 bits per heavy atom. The molecule has 2 N–H and O–H groups in total. The average Bonchev–Trinajstić information content (AvgIpc) is 2.67. The first-order valence-electron chi connectivity index (χ1n) is 8.84. The van der Waals surface area contributed by atoms with E-state index in [1.165, 1.54) is 16.4 Å². The van der Waals surface area contributed by atoms with Crippen LogP contribution in [0.2, 0.25) is 0 Å². The molecule has 1 amide bonds. The van der Waals surface area contributed by atoms with Gasteiger partial charge in [0.25, 0.3) is 5.91 Å². The molecule has 2 fully saturated rings. The molecule has 1 aromatic carbocycles. The van der Waals surface area contributed by atoms with Crippen molar-refractivity contribution < 1.29 is 32.8 Å². The topological polar surface area (TPSA) is 107 Å². The summed E-state index contributed by atoms with van der Waals surface area (Å²) in [6.07, 6.45) is 1.21. The van der Waals surface area contributed by atoms with Crippen LogP contribution in [0.25, 0.3) is 0 Å². The molecule has 0 aromatic heterocycles. The summed E-state index contributed by atoms with van der Waals surface area (Å²) in [4.78, 5) is 11.9. The monoisotopic (exact) mass is 402 g/mol. The van der Waals surface area contributed by atoms with Crippen molar-refractivity contribution in [3.63, 3.8) is 0 Å². The maximum Gasteiger partial charge on any atom is 0.279 e. The van der Waals surface area contributed by atoms with Crippen molar-refractivity contribution >= 4 is 15.9 Å². The number of carbonyl (C=O) groups excluding carboxylic acids is 1. The van der Waals surface area contributed by atoms with E-state index in [4.69, 9.17) is 15.2 Å². The van der Waals surface area contributed by atoms with Crippen molar-refractivity contribution in [2.24, 2.45) is 5.92 Å². The Balaban J connectivity index is 1.71. The lowest BCUT2D eigenvalue weighted by molar-refractivity contribution is -0.289. The first-order valence-corrected chi connectivity index (χ1v) is 10.3. The zero-order valence-corrected chi connectivity index (χ0v) is 15.5. The Bertz CT molecular complexity index is 779. The number of carbonyl (C=O) groups is 1. The van der Waals surface area contributed by atoms with E-state index in [1.54, 1.807) is 6.07 Å². The van der Waals surface area contributed by atoms with Gasteiger partial charge in [-0.25, -0.2) is 17.1 Å². The Morgan fingerprint density at radius 3 is 2.56 bits per heavy atom. The maximum atomic E-state index is 13.4. The SMILES string of the molecule is O=C(C1COCCC1S(=O)(=O)N1CCC(c2cccc(F)c2)CC1)N(O)O. The first-order chi connectivity index (χ1) is 12.8. The molecule has 2 aliphatic rings. The summed E-state index contributed by atoms with van der Waals surface area (Å²) in [6, 6.07) is 6.32. The van der Waals surface area contributed by atoms with Crippen molar-refractivity contribution in [1.29, 1.82) is 0 Å². The second kappa shape index (κ2) is 8.19. The van der Waals surface area contributed by atoms with Crippen molar-refractivity contribution in [3.05, 3.63) is 35.6 Å². The van der Waals surface area contributed by atoms with Crippen LogP contribution in [-0.2, 0) is 19.6 Å². The van der Waals surface area contributed by atoms with Gasteiger partial charge in [-0.1, -0.05) is 17.4 Å². The summed E-state index contributed by atoms with van der Waals surface area (Å²) < 4.78 is 46.0. The number of halogens is 1. The van der Waals surface area contributed by atoms with E-state index < -0.39 is 32.3 Å². The molecule has 1 aromatic rings. The number of amides is 1. The molecule has 0 radical (unpaired) electrons. The summed E-state index contributed by atoms with van der Waals surface area (Å²) in [5.41, 5.74) is 0.849. The largest absolute Gasteiger partial charge is 0.381 e. The van der Waals surface area contributed by atoms with E-state index in [9.17, 15) is 17.6 Å². The van der Waals surface area contributed by atoms with Gasteiger partial charge in [0, 0.05) is 19.7 Å². The summed E-state index contributed by atoms with van der Waals surface area (Å²) in [5, 5.41) is 16.4. The van der Waals surface area contributed by atoms with Crippen LogP contribution in [0.5, 0.6) is 0 Å². The van der Waals surface area contributed by atoms with Crippen LogP contribution in [-0.4, -0.2) is 65.8 Å². The van der Waals surface area contributed by atoms with Crippen molar-refractivity contribution in [3.8, 4) is 0 Å². The highest BCUT2D eigenvalue weighted by Crippen LogP contribution is 2.33. The number of ether oxygens (including phenoxy) is 1. The minimum absolute atomic E-state index is 0.0737. The number of benzene rings is 1. The molecule has 10 heteroatoms. The predicted octanol–water partition coefficient (Wildman–Crippen LogP) is 1.35. The lowest BCUT2D eigenvalue weighted by Gasteiger charge is -2.37. The number of hydroxylamine groups is 2. The number of nitrogens with zero attached hydrogens (tertiary/aromatic N) is 2. The Morgan fingerprint density at radius 2 is 1.93 bits per heavy atom. The maximum absolute atomic E-state index is 13.4. The number of sulfonamides is 1. The van der Waals surface area contributed by atoms with Gasteiger partial charge < -0.3 is 4.74 Å². The third kappa shape index (κ3) is 4.30. The highest BCUT2D eigenvalue weighted by atomic mass is 32.2. The van der Waals surface area contributed by atoms with Crippen molar-refractivity contribution in [2.75, 3.05) is 26.3 Å². The summed E-state index contributed by atoms with van der Waals surface area (Å²) in [6.45, 7) is 0.540. The molecule has 2 atom stereocenters. The quantitative estimate of drug-likeness (QED) is 0.582. The normalized spacial score (nSPS) is 25.3. The van der Waals surface area contributed by atoms with E-state index >= 15 is 0 Å². The van der Waals surface area contributed by atoms with Crippen LogP contribution in [0, 0.1) is 11.7 Å². The van der Waals surface area contributed by atoms with Crippen LogP contribution in [0.3, 0.4) is 0 Å². The highest BCUT2D eigenvalue weighted by Gasteiger charge is 2.45. The third-order valence-electron chi connectivity index (χ3n) is 5.32. The van der Waals surface area contributed by atoms with Crippen molar-refractivity contribution in [2.45, 2.75) is 30.4 Å². The lowest BCUT2D eigenvalue weighted by atomic mass is 9.90. The summed E-state index contributed by atoms with van der Waals surface area (Å²) in [5.74, 6) is -2.51. The first kappa shape index (κ1) is 20.2. The van der Waals surface area contributed by atoms with E-state index in [0.717, 1.165) is 5.56 Å². The zero-order valence-electron chi connectivity index (χ0n) is 14.7. The van der Waals surface area contributed by atoms with Gasteiger partial charge in [-0.3, -0.25) is 15.2 Å². The molecular weight excluding hydrogens is 379 g/mol. The predicted molar refractivity (Wildman–Crippen MR) is 92.0 cm³/mol. The van der Waals surface area contributed by atoms with E-state index in [2.05, 4.69) is 0 Å². The molecule has 2 aliphatic heterocycles. The molecule has 2 unspecified atom stereocenters. The van der Waals surface area contributed by atoms with Crippen molar-refractivity contribution in [1.82, 2.24) is 9.53 Å². The van der Waals surface area contributed by atoms with Gasteiger partial charge in [-0.15, -0.1) is 0 Å². The van der Waals surface area contributed by atoms with Crippen LogP contribution in [0.1, 0.15) is 30.7 Å².